The maximum absolute atomic E-state index is 12.7. The van der Waals surface area contributed by atoms with Gasteiger partial charge in [-0.05, 0) is 37.5 Å². The number of hydrogen-bond donors (Lipinski definition) is 3. The fourth-order valence-corrected chi connectivity index (χ4v) is 4.18. The van der Waals surface area contributed by atoms with E-state index in [0.717, 1.165) is 59.7 Å². The Morgan fingerprint density at radius 3 is 2.58 bits per heavy atom. The summed E-state index contributed by atoms with van der Waals surface area (Å²) in [6.07, 6.45) is 1.55. The van der Waals surface area contributed by atoms with Crippen molar-refractivity contribution in [3.05, 3.63) is 71.9 Å². The molecule has 0 spiro atoms. The van der Waals surface area contributed by atoms with Crippen molar-refractivity contribution in [1.29, 1.82) is 0 Å². The van der Waals surface area contributed by atoms with Crippen molar-refractivity contribution in [3.63, 3.8) is 0 Å². The molecule has 5 rings (SSSR count). The number of piperidine rings is 1. The third-order valence-electron chi connectivity index (χ3n) is 6.00. The van der Waals surface area contributed by atoms with Gasteiger partial charge in [0.2, 0.25) is 11.9 Å². The van der Waals surface area contributed by atoms with Crippen LogP contribution >= 0.6 is 0 Å². The van der Waals surface area contributed by atoms with E-state index >= 15 is 0 Å². The van der Waals surface area contributed by atoms with Crippen LogP contribution in [0.15, 0.2) is 60.7 Å². The number of amides is 1. The van der Waals surface area contributed by atoms with Gasteiger partial charge in [-0.15, -0.1) is 0 Å². The number of benzene rings is 2. The van der Waals surface area contributed by atoms with Crippen LogP contribution in [0.4, 0.5) is 17.6 Å². The molecule has 3 heterocycles. The molecule has 1 amide bonds. The number of hydrogen-bond acceptors (Lipinski definition) is 6. The van der Waals surface area contributed by atoms with Gasteiger partial charge in [0, 0.05) is 42.7 Å². The quantitative estimate of drug-likeness (QED) is 0.419. The summed E-state index contributed by atoms with van der Waals surface area (Å²) < 4.78 is 0. The van der Waals surface area contributed by atoms with Crippen molar-refractivity contribution in [2.45, 2.75) is 26.3 Å². The second-order valence-electron chi connectivity index (χ2n) is 8.42. The molecule has 1 saturated heterocycles. The molecule has 1 fully saturated rings. The van der Waals surface area contributed by atoms with E-state index in [1.54, 1.807) is 0 Å². The number of H-pyrrole nitrogens is 1. The van der Waals surface area contributed by atoms with Gasteiger partial charge in [-0.1, -0.05) is 42.5 Å². The molecule has 0 atom stereocenters. The van der Waals surface area contributed by atoms with Crippen molar-refractivity contribution in [3.8, 4) is 0 Å². The number of nitrogens with one attached hydrogen (secondary N) is 3. The zero-order valence-electron chi connectivity index (χ0n) is 18.6. The van der Waals surface area contributed by atoms with E-state index in [4.69, 9.17) is 9.97 Å². The number of aromatic nitrogens is 4. The molecule has 4 aromatic rings. The summed E-state index contributed by atoms with van der Waals surface area (Å²) in [4.78, 5) is 24.5. The van der Waals surface area contributed by atoms with Crippen LogP contribution in [0.3, 0.4) is 0 Å². The van der Waals surface area contributed by atoms with Crippen LogP contribution in [-0.4, -0.2) is 39.2 Å². The molecule has 0 saturated carbocycles. The molecule has 0 radical (unpaired) electrons. The lowest BCUT2D eigenvalue weighted by Crippen LogP contribution is -2.41. The van der Waals surface area contributed by atoms with Gasteiger partial charge in [-0.25, -0.2) is 4.98 Å². The Balaban J connectivity index is 1.27. The molecule has 1 aliphatic heterocycles. The van der Waals surface area contributed by atoms with E-state index in [1.165, 1.54) is 0 Å². The summed E-state index contributed by atoms with van der Waals surface area (Å²) >= 11 is 0. The molecule has 168 valence electrons. The summed E-state index contributed by atoms with van der Waals surface area (Å²) in [7, 11) is 0. The van der Waals surface area contributed by atoms with Crippen LogP contribution in [0.1, 0.15) is 24.1 Å². The second kappa shape index (κ2) is 9.28. The monoisotopic (exact) mass is 441 g/mol. The van der Waals surface area contributed by atoms with Crippen LogP contribution < -0.4 is 15.5 Å². The van der Waals surface area contributed by atoms with Gasteiger partial charge in [-0.3, -0.25) is 9.89 Å². The fourth-order valence-electron chi connectivity index (χ4n) is 4.18. The van der Waals surface area contributed by atoms with Gasteiger partial charge < -0.3 is 15.5 Å². The molecule has 33 heavy (non-hydrogen) atoms. The smallest absolute Gasteiger partial charge is 0.227 e. The highest BCUT2D eigenvalue weighted by Gasteiger charge is 2.26. The first-order valence-electron chi connectivity index (χ1n) is 11.3. The lowest BCUT2D eigenvalue weighted by Gasteiger charge is -2.31. The maximum Gasteiger partial charge on any atom is 0.227 e. The highest BCUT2D eigenvalue weighted by molar-refractivity contribution is 5.91. The summed E-state index contributed by atoms with van der Waals surface area (Å²) in [5.41, 5.74) is 2.96. The van der Waals surface area contributed by atoms with E-state index in [2.05, 4.69) is 25.7 Å². The number of aryl methyl sites for hydroxylation is 1. The molecular weight excluding hydrogens is 414 g/mol. The van der Waals surface area contributed by atoms with Crippen molar-refractivity contribution < 1.29 is 4.79 Å². The van der Waals surface area contributed by atoms with Crippen LogP contribution in [-0.2, 0) is 11.3 Å². The standard InChI is InChI=1S/C25H27N7O/c1-17-15-22(31-30-17)28-23-20-9-5-6-10-21(20)27-25(29-23)32-13-11-19(12-14-32)24(33)26-16-18-7-3-2-4-8-18/h2-10,15,19H,11-14,16H2,1H3,(H,26,33)(H2,27,28,29,30,31). The molecule has 3 N–H and O–H groups in total. The summed E-state index contributed by atoms with van der Waals surface area (Å²) in [6, 6.07) is 19.9. The Bertz CT molecular complexity index is 1250. The number of anilines is 3. The molecule has 1 aliphatic rings. The Labute approximate surface area is 192 Å². The Morgan fingerprint density at radius 1 is 1.06 bits per heavy atom. The van der Waals surface area contributed by atoms with Crippen molar-refractivity contribution in [1.82, 2.24) is 25.5 Å². The highest BCUT2D eigenvalue weighted by Crippen LogP contribution is 2.28. The van der Waals surface area contributed by atoms with Gasteiger partial charge >= 0.3 is 0 Å². The first kappa shape index (κ1) is 20.9. The van der Waals surface area contributed by atoms with Crippen molar-refractivity contribution in [2.24, 2.45) is 5.92 Å². The van der Waals surface area contributed by atoms with Gasteiger partial charge in [0.05, 0.1) is 5.52 Å². The first-order valence-corrected chi connectivity index (χ1v) is 11.3. The molecule has 2 aromatic heterocycles. The van der Waals surface area contributed by atoms with Crippen LogP contribution in [0.25, 0.3) is 10.9 Å². The van der Waals surface area contributed by atoms with E-state index in [9.17, 15) is 4.79 Å². The topological polar surface area (TPSA) is 98.8 Å². The maximum atomic E-state index is 12.7. The predicted molar refractivity (Wildman–Crippen MR) is 129 cm³/mol. The minimum atomic E-state index is 0.00930. The number of carbonyl (C=O) groups is 1. The number of nitrogens with zero attached hydrogens (tertiary/aromatic N) is 4. The predicted octanol–water partition coefficient (Wildman–Crippen LogP) is 3.94. The Kier molecular flexibility index (Phi) is 5.89. The van der Waals surface area contributed by atoms with Crippen molar-refractivity contribution >= 4 is 34.4 Å². The van der Waals surface area contributed by atoms with E-state index in [1.807, 2.05) is 67.6 Å². The average Bonchev–Trinajstić information content (AvgIpc) is 3.27. The van der Waals surface area contributed by atoms with E-state index in [0.29, 0.717) is 12.5 Å². The molecule has 0 bridgehead atoms. The fraction of sp³-hybridized carbons (Fsp3) is 0.280. The molecule has 0 unspecified atom stereocenters. The normalized spacial score (nSPS) is 14.4. The van der Waals surface area contributed by atoms with Crippen molar-refractivity contribution in [2.75, 3.05) is 23.3 Å². The Hall–Kier alpha value is -3.94. The summed E-state index contributed by atoms with van der Waals surface area (Å²) in [5, 5.41) is 14.6. The zero-order valence-corrected chi connectivity index (χ0v) is 18.6. The van der Waals surface area contributed by atoms with Gasteiger partial charge in [0.25, 0.3) is 0 Å². The number of aromatic amines is 1. The highest BCUT2D eigenvalue weighted by atomic mass is 16.1. The van der Waals surface area contributed by atoms with Crippen LogP contribution in [0, 0.1) is 12.8 Å². The van der Waals surface area contributed by atoms with Gasteiger partial charge in [0.15, 0.2) is 5.82 Å². The minimum absolute atomic E-state index is 0.00930. The van der Waals surface area contributed by atoms with E-state index in [-0.39, 0.29) is 11.8 Å². The average molecular weight is 442 g/mol. The third-order valence-corrected chi connectivity index (χ3v) is 6.00. The number of carbonyl (C=O) groups excluding carboxylic acids is 1. The lowest BCUT2D eigenvalue weighted by molar-refractivity contribution is -0.125. The number of fused-ring (bicyclic) bond motifs is 1. The third kappa shape index (κ3) is 4.79. The van der Waals surface area contributed by atoms with Gasteiger partial charge in [0.1, 0.15) is 5.82 Å². The van der Waals surface area contributed by atoms with Gasteiger partial charge in [-0.2, -0.15) is 10.1 Å². The zero-order chi connectivity index (χ0) is 22.6. The number of para-hydroxylation sites is 1. The molecule has 0 aliphatic carbocycles. The minimum Gasteiger partial charge on any atom is -0.352 e. The Morgan fingerprint density at radius 2 is 1.82 bits per heavy atom. The SMILES string of the molecule is Cc1cc(Nc2nc(N3CCC(C(=O)NCc4ccccc4)CC3)nc3ccccc23)n[nH]1. The molecule has 2 aromatic carbocycles. The largest absolute Gasteiger partial charge is 0.352 e. The van der Waals surface area contributed by atoms with Crippen LogP contribution in [0.5, 0.6) is 0 Å². The molecule has 8 nitrogen and oxygen atoms in total. The van der Waals surface area contributed by atoms with E-state index < -0.39 is 0 Å². The lowest BCUT2D eigenvalue weighted by atomic mass is 9.96. The number of rotatable bonds is 6. The molecule has 8 heteroatoms. The molecular formula is C25H27N7O. The van der Waals surface area contributed by atoms with Crippen LogP contribution in [0.2, 0.25) is 0 Å². The summed E-state index contributed by atoms with van der Waals surface area (Å²) in [5.74, 6) is 2.25. The first-order chi connectivity index (χ1) is 16.2. The second-order valence-corrected chi connectivity index (χ2v) is 8.42. The summed E-state index contributed by atoms with van der Waals surface area (Å²) in [6.45, 7) is 4.00.